The Balaban J connectivity index is 1.27. The van der Waals surface area contributed by atoms with Crippen LogP contribution in [0.15, 0.2) is 48.5 Å². The lowest BCUT2D eigenvalue weighted by Gasteiger charge is -2.43. The molecule has 2 heterocycles. The molecule has 1 amide bonds. The lowest BCUT2D eigenvalue weighted by atomic mass is 9.85. The van der Waals surface area contributed by atoms with Crippen molar-refractivity contribution in [3.05, 3.63) is 77.1 Å². The molecule has 2 aromatic carbocycles. The summed E-state index contributed by atoms with van der Waals surface area (Å²) in [7, 11) is 0. The molecular weight excluding hydrogens is 441 g/mol. The minimum atomic E-state index is -0.676. The van der Waals surface area contributed by atoms with E-state index < -0.39 is 11.6 Å². The lowest BCUT2D eigenvalue weighted by molar-refractivity contribution is -0.127. The van der Waals surface area contributed by atoms with Gasteiger partial charge in [0.2, 0.25) is 5.91 Å². The smallest absolute Gasteiger partial charge is 0.246 e. The zero-order valence-corrected chi connectivity index (χ0v) is 19.2. The molecule has 182 valence electrons. The molecule has 2 aliphatic heterocycles. The number of aliphatic hydroxyl groups is 1. The molecule has 34 heavy (non-hydrogen) atoms. The van der Waals surface area contributed by atoms with Crippen molar-refractivity contribution in [1.82, 2.24) is 9.80 Å². The Morgan fingerprint density at radius 2 is 1.53 bits per heavy atom. The molecule has 4 rings (SSSR count). The number of carbonyl (C=O) groups is 1. The highest BCUT2D eigenvalue weighted by Crippen LogP contribution is 2.32. The van der Waals surface area contributed by atoms with E-state index in [1.807, 2.05) is 12.1 Å². The first-order valence-corrected chi connectivity index (χ1v) is 12.0. The van der Waals surface area contributed by atoms with E-state index in [0.29, 0.717) is 30.5 Å². The van der Waals surface area contributed by atoms with Crippen LogP contribution in [0, 0.1) is 23.4 Å². The Hall–Kier alpha value is -2.64. The molecule has 1 unspecified atom stereocenters. The Kier molecular flexibility index (Phi) is 8.06. The molecule has 0 aliphatic carbocycles. The standard InChI is InChI=1S/C27H31F3N2O2/c28-23-4-2-20(3-5-23)21-7-11-31(12-8-21)26(18-33)22-9-13-32(14-10-22)27(34)6-1-19-15-24(29)17-25(30)16-19/h1-6,15-17,21-22,26,33H,7-14,18H2/b6-1+. The van der Waals surface area contributed by atoms with Gasteiger partial charge in [-0.15, -0.1) is 0 Å². The number of carbonyl (C=O) groups excluding carboxylic acids is 1. The van der Waals surface area contributed by atoms with Crippen molar-refractivity contribution in [2.45, 2.75) is 37.6 Å². The summed E-state index contributed by atoms with van der Waals surface area (Å²) in [5, 5.41) is 10.1. The van der Waals surface area contributed by atoms with Gasteiger partial charge in [-0.2, -0.15) is 0 Å². The summed E-state index contributed by atoms with van der Waals surface area (Å²) in [6.45, 7) is 3.05. The summed E-state index contributed by atoms with van der Waals surface area (Å²) in [5.41, 5.74) is 1.48. The van der Waals surface area contributed by atoms with Crippen LogP contribution in [0.5, 0.6) is 0 Å². The van der Waals surface area contributed by atoms with E-state index in [4.69, 9.17) is 0 Å². The van der Waals surface area contributed by atoms with Gasteiger partial charge in [-0.1, -0.05) is 12.1 Å². The fraction of sp³-hybridized carbons (Fsp3) is 0.444. The Labute approximate surface area is 198 Å². The van der Waals surface area contributed by atoms with Gasteiger partial charge in [0, 0.05) is 31.3 Å². The van der Waals surface area contributed by atoms with Gasteiger partial charge >= 0.3 is 0 Å². The number of nitrogens with zero attached hydrogens (tertiary/aromatic N) is 2. The number of piperidine rings is 2. The van der Waals surface area contributed by atoms with E-state index in [1.165, 1.54) is 42.0 Å². The van der Waals surface area contributed by atoms with Crippen molar-refractivity contribution in [3.63, 3.8) is 0 Å². The van der Waals surface area contributed by atoms with E-state index in [-0.39, 0.29) is 24.4 Å². The monoisotopic (exact) mass is 472 g/mol. The SMILES string of the molecule is O=C(/C=C/c1cc(F)cc(F)c1)N1CCC(C(CO)N2CCC(c3ccc(F)cc3)CC2)CC1. The number of aliphatic hydroxyl groups excluding tert-OH is 1. The first-order valence-electron chi connectivity index (χ1n) is 12.0. The summed E-state index contributed by atoms with van der Waals surface area (Å²) >= 11 is 0. The largest absolute Gasteiger partial charge is 0.395 e. The highest BCUT2D eigenvalue weighted by atomic mass is 19.1. The zero-order chi connectivity index (χ0) is 24.1. The summed E-state index contributed by atoms with van der Waals surface area (Å²) < 4.78 is 39.9. The van der Waals surface area contributed by atoms with Crippen LogP contribution in [0.25, 0.3) is 6.08 Å². The Morgan fingerprint density at radius 1 is 0.912 bits per heavy atom. The minimum Gasteiger partial charge on any atom is -0.395 e. The van der Waals surface area contributed by atoms with Gasteiger partial charge in [0.15, 0.2) is 0 Å². The molecular formula is C27H31F3N2O2. The quantitative estimate of drug-likeness (QED) is 0.626. The van der Waals surface area contributed by atoms with Gasteiger partial charge in [-0.3, -0.25) is 9.69 Å². The maximum Gasteiger partial charge on any atom is 0.246 e. The maximum absolute atomic E-state index is 13.3. The van der Waals surface area contributed by atoms with Crippen LogP contribution in [-0.2, 0) is 4.79 Å². The molecule has 4 nitrogen and oxygen atoms in total. The van der Waals surface area contributed by atoms with Crippen LogP contribution in [0.3, 0.4) is 0 Å². The summed E-state index contributed by atoms with van der Waals surface area (Å²) in [6.07, 6.45) is 6.35. The van der Waals surface area contributed by atoms with E-state index in [9.17, 15) is 23.1 Å². The first kappa shape index (κ1) is 24.5. The van der Waals surface area contributed by atoms with Gasteiger partial charge in [-0.25, -0.2) is 13.2 Å². The maximum atomic E-state index is 13.3. The van der Waals surface area contributed by atoms with Gasteiger partial charge in [0.25, 0.3) is 0 Å². The summed E-state index contributed by atoms with van der Waals surface area (Å²) in [4.78, 5) is 16.7. The van der Waals surface area contributed by atoms with Gasteiger partial charge in [0.05, 0.1) is 6.61 Å². The highest BCUT2D eigenvalue weighted by Gasteiger charge is 2.33. The number of rotatable bonds is 6. The third-order valence-electron chi connectivity index (χ3n) is 7.23. The number of benzene rings is 2. The normalized spacial score (nSPS) is 19.6. The van der Waals surface area contributed by atoms with E-state index >= 15 is 0 Å². The second-order valence-electron chi connectivity index (χ2n) is 9.31. The number of hydrogen-bond acceptors (Lipinski definition) is 3. The third kappa shape index (κ3) is 6.07. The van der Waals surface area contributed by atoms with Crippen molar-refractivity contribution >= 4 is 12.0 Å². The van der Waals surface area contributed by atoms with Crippen molar-refractivity contribution in [3.8, 4) is 0 Å². The lowest BCUT2D eigenvalue weighted by Crippen LogP contribution is -2.50. The molecule has 2 saturated heterocycles. The zero-order valence-electron chi connectivity index (χ0n) is 19.2. The second kappa shape index (κ2) is 11.2. The number of likely N-dealkylation sites (tertiary alicyclic amines) is 2. The molecule has 0 spiro atoms. The molecule has 2 fully saturated rings. The molecule has 0 saturated carbocycles. The third-order valence-corrected chi connectivity index (χ3v) is 7.23. The number of hydrogen-bond donors (Lipinski definition) is 1. The van der Waals surface area contributed by atoms with E-state index in [2.05, 4.69) is 4.90 Å². The minimum absolute atomic E-state index is 0.0669. The average Bonchev–Trinajstić information content (AvgIpc) is 2.84. The second-order valence-corrected chi connectivity index (χ2v) is 9.31. The Bertz CT molecular complexity index is 975. The van der Waals surface area contributed by atoms with E-state index in [0.717, 1.165) is 44.8 Å². The molecule has 0 bridgehead atoms. The molecule has 1 N–H and O–H groups in total. The molecule has 7 heteroatoms. The number of halogens is 3. The fourth-order valence-corrected chi connectivity index (χ4v) is 5.31. The summed E-state index contributed by atoms with van der Waals surface area (Å²) in [5.74, 6) is -1.03. The van der Waals surface area contributed by atoms with Crippen LogP contribution in [0.1, 0.15) is 42.7 Å². The topological polar surface area (TPSA) is 43.8 Å². The van der Waals surface area contributed by atoms with Crippen molar-refractivity contribution in [2.75, 3.05) is 32.8 Å². The van der Waals surface area contributed by atoms with E-state index in [1.54, 1.807) is 4.90 Å². The molecule has 2 aromatic rings. The van der Waals surface area contributed by atoms with Crippen molar-refractivity contribution in [1.29, 1.82) is 0 Å². The first-order chi connectivity index (χ1) is 16.4. The fourth-order valence-electron chi connectivity index (χ4n) is 5.31. The van der Waals surface area contributed by atoms with Gasteiger partial charge in [0.1, 0.15) is 17.5 Å². The predicted molar refractivity (Wildman–Crippen MR) is 126 cm³/mol. The van der Waals surface area contributed by atoms with Gasteiger partial charge < -0.3 is 10.0 Å². The number of amides is 1. The molecule has 2 aliphatic rings. The van der Waals surface area contributed by atoms with Crippen LogP contribution < -0.4 is 0 Å². The summed E-state index contributed by atoms with van der Waals surface area (Å²) in [6, 6.07) is 9.99. The average molecular weight is 473 g/mol. The van der Waals surface area contributed by atoms with Gasteiger partial charge in [-0.05, 0) is 92.1 Å². The molecule has 1 atom stereocenters. The molecule has 0 radical (unpaired) electrons. The van der Waals surface area contributed by atoms with Crippen molar-refractivity contribution < 1.29 is 23.1 Å². The van der Waals surface area contributed by atoms with Crippen molar-refractivity contribution in [2.24, 2.45) is 5.92 Å². The van der Waals surface area contributed by atoms with Crippen LogP contribution >= 0.6 is 0 Å². The molecule has 0 aromatic heterocycles. The predicted octanol–water partition coefficient (Wildman–Crippen LogP) is 4.60. The van der Waals surface area contributed by atoms with Crippen LogP contribution in [0.2, 0.25) is 0 Å². The highest BCUT2D eigenvalue weighted by molar-refractivity contribution is 5.91. The van der Waals surface area contributed by atoms with Crippen LogP contribution in [-0.4, -0.2) is 59.6 Å². The van der Waals surface area contributed by atoms with Crippen LogP contribution in [0.4, 0.5) is 13.2 Å². The Morgan fingerprint density at radius 3 is 2.12 bits per heavy atom.